The van der Waals surface area contributed by atoms with Gasteiger partial charge in [0, 0.05) is 12.3 Å². The van der Waals surface area contributed by atoms with E-state index in [0.717, 1.165) is 12.1 Å². The number of pyridine rings is 1. The van der Waals surface area contributed by atoms with Gasteiger partial charge >= 0.3 is 5.97 Å². The van der Waals surface area contributed by atoms with Gasteiger partial charge < -0.3 is 10.1 Å². The first-order valence-electron chi connectivity index (χ1n) is 5.37. The monoisotopic (exact) mass is 264 g/mol. The molecule has 0 saturated carbocycles. The number of halogens is 2. The fourth-order valence-electron chi connectivity index (χ4n) is 1.50. The topological polar surface area (TPSA) is 51.2 Å². The number of esters is 1. The molecule has 0 bridgehead atoms. The van der Waals surface area contributed by atoms with Crippen molar-refractivity contribution in [2.75, 3.05) is 12.4 Å². The van der Waals surface area contributed by atoms with Crippen molar-refractivity contribution < 1.29 is 18.3 Å². The molecule has 98 valence electrons. The van der Waals surface area contributed by atoms with E-state index < -0.39 is 17.6 Å². The Bertz CT molecular complexity index is 617. The summed E-state index contributed by atoms with van der Waals surface area (Å²) in [6.07, 6.45) is 1.44. The zero-order valence-electron chi connectivity index (χ0n) is 9.98. The Morgan fingerprint density at radius 1 is 1.32 bits per heavy atom. The Morgan fingerprint density at radius 3 is 2.79 bits per heavy atom. The Morgan fingerprint density at radius 2 is 2.11 bits per heavy atom. The summed E-state index contributed by atoms with van der Waals surface area (Å²) < 4.78 is 30.9. The molecule has 0 aliphatic carbocycles. The maximum absolute atomic E-state index is 13.5. The largest absolute Gasteiger partial charge is 0.465 e. The lowest BCUT2D eigenvalue weighted by Crippen LogP contribution is -2.07. The number of methoxy groups -OCH3 is 1. The Hall–Kier alpha value is -2.50. The molecule has 0 spiro atoms. The average Bonchev–Trinajstić information content (AvgIpc) is 2.41. The second-order valence-electron chi connectivity index (χ2n) is 3.64. The number of nitrogens with zero attached hydrogens (tertiary/aromatic N) is 1. The molecular weight excluding hydrogens is 254 g/mol. The fourth-order valence-corrected chi connectivity index (χ4v) is 1.50. The summed E-state index contributed by atoms with van der Waals surface area (Å²) in [6.45, 7) is 0. The van der Waals surface area contributed by atoms with Crippen molar-refractivity contribution in [1.29, 1.82) is 0 Å². The van der Waals surface area contributed by atoms with E-state index in [2.05, 4.69) is 15.0 Å². The predicted molar refractivity (Wildman–Crippen MR) is 65.2 cm³/mol. The molecule has 2 aromatic rings. The van der Waals surface area contributed by atoms with Crippen LogP contribution in [0.4, 0.5) is 20.3 Å². The molecule has 1 heterocycles. The van der Waals surface area contributed by atoms with Crippen molar-refractivity contribution in [2.45, 2.75) is 0 Å². The Labute approximate surface area is 108 Å². The minimum Gasteiger partial charge on any atom is -0.465 e. The number of nitrogens with one attached hydrogen (secondary N) is 1. The van der Waals surface area contributed by atoms with Crippen LogP contribution in [-0.2, 0) is 4.74 Å². The molecule has 1 N–H and O–H groups in total. The van der Waals surface area contributed by atoms with Crippen molar-refractivity contribution in [3.8, 4) is 0 Å². The first-order valence-corrected chi connectivity index (χ1v) is 5.37. The molecule has 0 fully saturated rings. The lowest BCUT2D eigenvalue weighted by molar-refractivity contribution is 0.0601. The highest BCUT2D eigenvalue weighted by atomic mass is 19.1. The van der Waals surface area contributed by atoms with Gasteiger partial charge in [-0.1, -0.05) is 0 Å². The quantitative estimate of drug-likeness (QED) is 0.866. The molecule has 19 heavy (non-hydrogen) atoms. The Kier molecular flexibility index (Phi) is 3.70. The van der Waals surface area contributed by atoms with Crippen molar-refractivity contribution in [1.82, 2.24) is 4.98 Å². The third kappa shape index (κ3) is 2.85. The van der Waals surface area contributed by atoms with Crippen LogP contribution < -0.4 is 5.32 Å². The van der Waals surface area contributed by atoms with Crippen LogP contribution in [0.3, 0.4) is 0 Å². The minimum absolute atomic E-state index is 0.0188. The Balaban J connectivity index is 2.35. The molecule has 4 nitrogen and oxygen atoms in total. The van der Waals surface area contributed by atoms with E-state index in [1.54, 1.807) is 6.07 Å². The maximum Gasteiger partial charge on any atom is 0.341 e. The van der Waals surface area contributed by atoms with Crippen LogP contribution in [-0.4, -0.2) is 18.1 Å². The summed E-state index contributed by atoms with van der Waals surface area (Å²) in [5.74, 6) is -1.92. The van der Waals surface area contributed by atoms with Crippen molar-refractivity contribution in [3.05, 3.63) is 53.7 Å². The van der Waals surface area contributed by atoms with E-state index in [1.807, 2.05) is 0 Å². The summed E-state index contributed by atoms with van der Waals surface area (Å²) in [4.78, 5) is 15.4. The van der Waals surface area contributed by atoms with Crippen LogP contribution in [0, 0.1) is 11.6 Å². The van der Waals surface area contributed by atoms with Gasteiger partial charge in [-0.05, 0) is 24.3 Å². The zero-order chi connectivity index (χ0) is 13.8. The summed E-state index contributed by atoms with van der Waals surface area (Å²) in [5.41, 5.74) is 0.180. The van der Waals surface area contributed by atoms with E-state index >= 15 is 0 Å². The normalized spacial score (nSPS) is 10.1. The minimum atomic E-state index is -0.776. The first-order chi connectivity index (χ1) is 9.11. The van der Waals surface area contributed by atoms with Gasteiger partial charge in [0.25, 0.3) is 0 Å². The van der Waals surface area contributed by atoms with Gasteiger partial charge in [-0.15, -0.1) is 0 Å². The second kappa shape index (κ2) is 5.43. The van der Waals surface area contributed by atoms with Gasteiger partial charge in [0.05, 0.1) is 12.8 Å². The molecule has 1 aromatic heterocycles. The molecule has 2 rings (SSSR count). The number of rotatable bonds is 3. The van der Waals surface area contributed by atoms with Crippen LogP contribution in [0.1, 0.15) is 10.4 Å². The number of ether oxygens (including phenoxy) is 1. The lowest BCUT2D eigenvalue weighted by atomic mass is 10.2. The molecule has 6 heteroatoms. The highest BCUT2D eigenvalue weighted by Gasteiger charge is 2.14. The van der Waals surface area contributed by atoms with Gasteiger partial charge in [0.15, 0.2) is 0 Å². The van der Waals surface area contributed by atoms with Crippen molar-refractivity contribution >= 4 is 17.5 Å². The summed E-state index contributed by atoms with van der Waals surface area (Å²) >= 11 is 0. The number of aromatic nitrogens is 1. The number of anilines is 2. The third-order valence-electron chi connectivity index (χ3n) is 2.40. The number of benzene rings is 1. The molecule has 0 radical (unpaired) electrons. The standard InChI is InChI=1S/C13H10F2N2O2/c1-19-13(18)9-3-2-6-16-12(9)17-11-5-4-8(14)7-10(11)15/h2-7H,1H3,(H,16,17). The molecule has 0 atom stereocenters. The van der Waals surface area contributed by atoms with Crippen LogP contribution in [0.25, 0.3) is 0 Å². The number of carbonyl (C=O) groups excluding carboxylic acids is 1. The van der Waals surface area contributed by atoms with E-state index in [4.69, 9.17) is 0 Å². The molecule has 0 aliphatic heterocycles. The van der Waals surface area contributed by atoms with Gasteiger partial charge in [-0.2, -0.15) is 0 Å². The number of carbonyl (C=O) groups is 1. The molecule has 0 amide bonds. The van der Waals surface area contributed by atoms with Gasteiger partial charge in [-0.25, -0.2) is 18.6 Å². The number of hydrogen-bond acceptors (Lipinski definition) is 4. The SMILES string of the molecule is COC(=O)c1cccnc1Nc1ccc(F)cc1F. The second-order valence-corrected chi connectivity index (χ2v) is 3.64. The van der Waals surface area contributed by atoms with E-state index in [0.29, 0.717) is 0 Å². The smallest absolute Gasteiger partial charge is 0.341 e. The van der Waals surface area contributed by atoms with Crippen molar-refractivity contribution in [3.63, 3.8) is 0 Å². The van der Waals surface area contributed by atoms with Gasteiger partial charge in [0.1, 0.15) is 23.0 Å². The lowest BCUT2D eigenvalue weighted by Gasteiger charge is -2.10. The molecule has 0 unspecified atom stereocenters. The molecule has 0 aliphatic rings. The first kappa shape index (κ1) is 12.9. The fraction of sp³-hybridized carbons (Fsp3) is 0.0769. The molecular formula is C13H10F2N2O2. The van der Waals surface area contributed by atoms with Crippen LogP contribution in [0.15, 0.2) is 36.5 Å². The highest BCUT2D eigenvalue weighted by molar-refractivity contribution is 5.95. The van der Waals surface area contributed by atoms with Crippen LogP contribution >= 0.6 is 0 Å². The van der Waals surface area contributed by atoms with E-state index in [-0.39, 0.29) is 17.1 Å². The van der Waals surface area contributed by atoms with Crippen LogP contribution in [0.5, 0.6) is 0 Å². The van der Waals surface area contributed by atoms with E-state index in [9.17, 15) is 13.6 Å². The molecule has 0 saturated heterocycles. The third-order valence-corrected chi connectivity index (χ3v) is 2.40. The zero-order valence-corrected chi connectivity index (χ0v) is 9.98. The van der Waals surface area contributed by atoms with Crippen molar-refractivity contribution in [2.24, 2.45) is 0 Å². The summed E-state index contributed by atoms with van der Waals surface area (Å²) in [6, 6.07) is 6.11. The van der Waals surface area contributed by atoms with Gasteiger partial charge in [-0.3, -0.25) is 0 Å². The average molecular weight is 264 g/mol. The maximum atomic E-state index is 13.5. The van der Waals surface area contributed by atoms with E-state index in [1.165, 1.54) is 25.4 Å². The van der Waals surface area contributed by atoms with Gasteiger partial charge in [0.2, 0.25) is 0 Å². The number of hydrogen-bond donors (Lipinski definition) is 1. The summed E-state index contributed by atoms with van der Waals surface area (Å²) in [5, 5.41) is 2.63. The predicted octanol–water partition coefficient (Wildman–Crippen LogP) is 2.89. The highest BCUT2D eigenvalue weighted by Crippen LogP contribution is 2.22. The summed E-state index contributed by atoms with van der Waals surface area (Å²) in [7, 11) is 1.23. The molecule has 1 aromatic carbocycles. The van der Waals surface area contributed by atoms with Crippen LogP contribution in [0.2, 0.25) is 0 Å².